The average Bonchev–Trinajstić information content (AvgIpc) is 3.04. The number of hydrogen-bond donors (Lipinski definition) is 2. The van der Waals surface area contributed by atoms with Crippen LogP contribution in [0.15, 0.2) is 42.5 Å². The molecule has 1 unspecified atom stereocenters. The van der Waals surface area contributed by atoms with E-state index >= 15 is 0 Å². The van der Waals surface area contributed by atoms with Gasteiger partial charge in [0.2, 0.25) is 17.7 Å². The maximum absolute atomic E-state index is 13.3. The van der Waals surface area contributed by atoms with Gasteiger partial charge in [0, 0.05) is 13.0 Å². The largest absolute Gasteiger partial charge is 0.322 e. The minimum atomic E-state index is -0.803. The first-order valence-corrected chi connectivity index (χ1v) is 9.68. The number of carbonyl (C=O) groups excluding carboxylic acids is 5. The predicted molar refractivity (Wildman–Crippen MR) is 105 cm³/mol. The molecule has 0 spiro atoms. The smallest absolute Gasteiger partial charge is 0.258 e. The first-order chi connectivity index (χ1) is 14.8. The van der Waals surface area contributed by atoms with Crippen LogP contribution in [0.2, 0.25) is 0 Å². The third-order valence-corrected chi connectivity index (χ3v) is 5.30. The molecule has 2 aliphatic heterocycles. The van der Waals surface area contributed by atoms with Crippen molar-refractivity contribution in [2.75, 3.05) is 0 Å². The van der Waals surface area contributed by atoms with Gasteiger partial charge in [-0.1, -0.05) is 24.3 Å². The fourth-order valence-electron chi connectivity index (χ4n) is 3.87. The number of nitrogens with zero attached hydrogens (tertiary/aromatic N) is 1. The highest BCUT2D eigenvalue weighted by molar-refractivity contribution is 6.14. The molecule has 0 radical (unpaired) electrons. The maximum atomic E-state index is 13.3. The van der Waals surface area contributed by atoms with Crippen LogP contribution in [0.4, 0.5) is 4.39 Å². The molecule has 2 aromatic carbocycles. The van der Waals surface area contributed by atoms with Crippen molar-refractivity contribution < 1.29 is 28.4 Å². The summed E-state index contributed by atoms with van der Waals surface area (Å²) in [6, 6.07) is 9.36. The van der Waals surface area contributed by atoms with Gasteiger partial charge in [0.05, 0.1) is 17.5 Å². The number of benzene rings is 2. The molecule has 2 N–H and O–H groups in total. The van der Waals surface area contributed by atoms with Crippen molar-refractivity contribution in [3.05, 3.63) is 70.5 Å². The molecule has 0 aromatic heterocycles. The van der Waals surface area contributed by atoms with Crippen LogP contribution in [0.25, 0.3) is 0 Å². The van der Waals surface area contributed by atoms with E-state index in [2.05, 4.69) is 10.6 Å². The topological polar surface area (TPSA) is 113 Å². The summed E-state index contributed by atoms with van der Waals surface area (Å²) in [5, 5.41) is 4.45. The highest BCUT2D eigenvalue weighted by Gasteiger charge is 2.40. The molecule has 8 nitrogen and oxygen atoms in total. The molecule has 9 heteroatoms. The summed E-state index contributed by atoms with van der Waals surface area (Å²) in [4.78, 5) is 62.9. The zero-order valence-electron chi connectivity index (χ0n) is 16.3. The summed E-state index contributed by atoms with van der Waals surface area (Å²) in [6.45, 7) is 0.124. The van der Waals surface area contributed by atoms with Crippen molar-refractivity contribution in [2.45, 2.75) is 31.8 Å². The normalized spacial score (nSPS) is 17.9. The molecule has 5 amide bonds. The number of hydrogen-bond acceptors (Lipinski definition) is 5. The molecule has 2 aliphatic rings. The molecule has 1 atom stereocenters. The van der Waals surface area contributed by atoms with E-state index in [0.717, 1.165) is 0 Å². The van der Waals surface area contributed by atoms with Gasteiger partial charge in [-0.2, -0.15) is 0 Å². The predicted octanol–water partition coefficient (Wildman–Crippen LogP) is 1.09. The van der Waals surface area contributed by atoms with Crippen LogP contribution in [-0.4, -0.2) is 40.5 Å². The van der Waals surface area contributed by atoms with Crippen molar-refractivity contribution in [1.82, 2.24) is 15.5 Å². The van der Waals surface area contributed by atoms with E-state index in [-0.39, 0.29) is 42.8 Å². The molecule has 1 saturated heterocycles. The van der Waals surface area contributed by atoms with E-state index in [1.165, 1.54) is 29.2 Å². The standard InChI is InChI=1S/C22H18FN3O5/c23-14-5-1-3-12(9-14)10-18(28)25-20(29)15-6-2-4-13-11-26(22(31)19(13)15)16-7-8-17(27)24-21(16)30/h1-6,9,16H,7-8,10-11H2,(H,24,27,30)(H,25,28,29). The highest BCUT2D eigenvalue weighted by atomic mass is 19.1. The number of imide groups is 2. The molecular weight excluding hydrogens is 405 g/mol. The van der Waals surface area contributed by atoms with Gasteiger partial charge >= 0.3 is 0 Å². The lowest BCUT2D eigenvalue weighted by Gasteiger charge is -2.29. The summed E-state index contributed by atoms with van der Waals surface area (Å²) in [5.41, 5.74) is 1.11. The molecule has 0 aliphatic carbocycles. The zero-order chi connectivity index (χ0) is 22.1. The lowest BCUT2D eigenvalue weighted by Crippen LogP contribution is -2.52. The highest BCUT2D eigenvalue weighted by Crippen LogP contribution is 2.29. The molecule has 1 fully saturated rings. The van der Waals surface area contributed by atoms with Gasteiger partial charge in [-0.25, -0.2) is 4.39 Å². The summed E-state index contributed by atoms with van der Waals surface area (Å²) < 4.78 is 13.3. The van der Waals surface area contributed by atoms with Crippen LogP contribution < -0.4 is 10.6 Å². The number of fused-ring (bicyclic) bond motifs is 1. The Morgan fingerprint density at radius 1 is 1.13 bits per heavy atom. The van der Waals surface area contributed by atoms with Crippen LogP contribution in [0.5, 0.6) is 0 Å². The summed E-state index contributed by atoms with van der Waals surface area (Å²) in [5.74, 6) is -3.32. The Hall–Kier alpha value is -3.88. The van der Waals surface area contributed by atoms with Crippen LogP contribution >= 0.6 is 0 Å². The number of rotatable bonds is 4. The van der Waals surface area contributed by atoms with E-state index in [9.17, 15) is 28.4 Å². The van der Waals surface area contributed by atoms with Gasteiger partial charge < -0.3 is 4.90 Å². The Bertz CT molecular complexity index is 1130. The number of piperidine rings is 1. The van der Waals surface area contributed by atoms with Crippen LogP contribution in [0.3, 0.4) is 0 Å². The average molecular weight is 423 g/mol. The SMILES string of the molecule is O=C(Cc1cccc(F)c1)NC(=O)c1cccc2c1C(=O)N(C1CCC(=O)NC1=O)C2. The molecule has 2 aromatic rings. The van der Waals surface area contributed by atoms with Crippen molar-refractivity contribution in [1.29, 1.82) is 0 Å². The Morgan fingerprint density at radius 3 is 2.65 bits per heavy atom. The Kier molecular flexibility index (Phi) is 5.33. The van der Waals surface area contributed by atoms with E-state index in [1.807, 2.05) is 0 Å². The number of carbonyl (C=O) groups is 5. The number of nitrogens with one attached hydrogen (secondary N) is 2. The Morgan fingerprint density at radius 2 is 1.90 bits per heavy atom. The minimum absolute atomic E-state index is 0.0184. The van der Waals surface area contributed by atoms with E-state index in [4.69, 9.17) is 0 Å². The van der Waals surface area contributed by atoms with Gasteiger partial charge in [0.1, 0.15) is 11.9 Å². The van der Waals surface area contributed by atoms with Crippen molar-refractivity contribution in [2.24, 2.45) is 0 Å². The van der Waals surface area contributed by atoms with E-state index < -0.39 is 35.5 Å². The molecule has 4 rings (SSSR count). The number of amides is 5. The quantitative estimate of drug-likeness (QED) is 0.715. The van der Waals surface area contributed by atoms with Crippen LogP contribution in [0.1, 0.15) is 44.7 Å². The van der Waals surface area contributed by atoms with Gasteiger partial charge in [-0.3, -0.25) is 34.6 Å². The second-order valence-electron chi connectivity index (χ2n) is 7.42. The first kappa shape index (κ1) is 20.4. The summed E-state index contributed by atoms with van der Waals surface area (Å²) >= 11 is 0. The molecule has 158 valence electrons. The molecule has 31 heavy (non-hydrogen) atoms. The second kappa shape index (κ2) is 8.10. The second-order valence-corrected chi connectivity index (χ2v) is 7.42. The van der Waals surface area contributed by atoms with Gasteiger partial charge in [-0.15, -0.1) is 0 Å². The number of halogens is 1. The fourth-order valence-corrected chi connectivity index (χ4v) is 3.87. The molecule has 0 saturated carbocycles. The molecule has 0 bridgehead atoms. The Labute approximate surface area is 176 Å². The van der Waals surface area contributed by atoms with Crippen molar-refractivity contribution >= 4 is 29.5 Å². The van der Waals surface area contributed by atoms with Gasteiger partial charge in [-0.05, 0) is 35.7 Å². The van der Waals surface area contributed by atoms with Crippen molar-refractivity contribution in [3.8, 4) is 0 Å². The third-order valence-electron chi connectivity index (χ3n) is 5.30. The third kappa shape index (κ3) is 4.07. The minimum Gasteiger partial charge on any atom is -0.322 e. The Balaban J connectivity index is 1.51. The van der Waals surface area contributed by atoms with Crippen LogP contribution in [0, 0.1) is 5.82 Å². The van der Waals surface area contributed by atoms with Crippen molar-refractivity contribution in [3.63, 3.8) is 0 Å². The zero-order valence-corrected chi connectivity index (χ0v) is 16.3. The summed E-state index contributed by atoms with van der Waals surface area (Å²) in [6.07, 6.45) is 0.130. The van der Waals surface area contributed by atoms with E-state index in [0.29, 0.717) is 11.1 Å². The maximum Gasteiger partial charge on any atom is 0.258 e. The molecular formula is C22H18FN3O5. The fraction of sp³-hybridized carbons (Fsp3) is 0.227. The summed E-state index contributed by atoms with van der Waals surface area (Å²) in [7, 11) is 0. The lowest BCUT2D eigenvalue weighted by atomic mass is 10.0. The van der Waals surface area contributed by atoms with E-state index in [1.54, 1.807) is 18.2 Å². The van der Waals surface area contributed by atoms with Gasteiger partial charge in [0.15, 0.2) is 0 Å². The van der Waals surface area contributed by atoms with Gasteiger partial charge in [0.25, 0.3) is 11.8 Å². The first-order valence-electron chi connectivity index (χ1n) is 9.68. The molecule has 2 heterocycles. The monoisotopic (exact) mass is 423 g/mol. The lowest BCUT2D eigenvalue weighted by molar-refractivity contribution is -0.137. The van der Waals surface area contributed by atoms with Crippen LogP contribution in [-0.2, 0) is 27.3 Å².